The summed E-state index contributed by atoms with van der Waals surface area (Å²) in [5.74, 6) is -2.58. The van der Waals surface area contributed by atoms with Crippen molar-refractivity contribution in [1.29, 1.82) is 0 Å². The SMILES string of the molecule is COS(=O)(=O)C(F)(Cl)C(=O)[O-].[Li+]. The van der Waals surface area contributed by atoms with Gasteiger partial charge in [-0.2, -0.15) is 12.8 Å². The molecule has 0 aromatic carbocycles. The standard InChI is InChI=1S/C3H4ClFO5S.Li/c1-10-11(8,9)3(4,5)2(6)7;/h1H3,(H,6,7);/q;+1/p-1. The molecule has 0 fully saturated rings. The molecule has 0 rings (SSSR count). The first-order valence-electron chi connectivity index (χ1n) is 2.15. The molecule has 66 valence electrons. The molecule has 0 aromatic rings. The first kappa shape index (κ1) is 14.7. The molecule has 0 saturated heterocycles. The first-order chi connectivity index (χ1) is 4.75. The Kier molecular flexibility index (Phi) is 5.44. The molecule has 0 bridgehead atoms. The van der Waals surface area contributed by atoms with Crippen LogP contribution in [-0.2, 0) is 19.1 Å². The Morgan fingerprint density at radius 3 is 2.08 bits per heavy atom. The molecule has 0 saturated carbocycles. The largest absolute Gasteiger partial charge is 1.00 e. The summed E-state index contributed by atoms with van der Waals surface area (Å²) in [5, 5.41) is 9.75. The Hall–Kier alpha value is 0.197. The van der Waals surface area contributed by atoms with Crippen molar-refractivity contribution in [2.75, 3.05) is 7.11 Å². The predicted octanol–water partition coefficient (Wildman–Crippen LogP) is -4.42. The van der Waals surface area contributed by atoms with Gasteiger partial charge < -0.3 is 9.90 Å². The summed E-state index contributed by atoms with van der Waals surface area (Å²) < 4.78 is 32.5. The summed E-state index contributed by atoms with van der Waals surface area (Å²) in [6.07, 6.45) is 0. The third-order valence-electron chi connectivity index (χ3n) is 0.771. The second kappa shape index (κ2) is 4.44. The molecule has 0 aromatic heterocycles. The van der Waals surface area contributed by atoms with Gasteiger partial charge in [-0.1, -0.05) is 11.6 Å². The maximum Gasteiger partial charge on any atom is 1.00 e. The van der Waals surface area contributed by atoms with E-state index in [9.17, 15) is 22.7 Å². The van der Waals surface area contributed by atoms with Crippen molar-refractivity contribution in [2.24, 2.45) is 0 Å². The fraction of sp³-hybridized carbons (Fsp3) is 0.667. The van der Waals surface area contributed by atoms with E-state index in [1.54, 1.807) is 0 Å². The fourth-order valence-electron chi connectivity index (χ4n) is 0.207. The Morgan fingerprint density at radius 1 is 1.67 bits per heavy atom. The molecular formula is C3H3ClFLiO5S. The smallest absolute Gasteiger partial charge is 0.544 e. The fourth-order valence-corrected chi connectivity index (χ4v) is 0.809. The van der Waals surface area contributed by atoms with E-state index >= 15 is 0 Å². The van der Waals surface area contributed by atoms with Crippen molar-refractivity contribution in [1.82, 2.24) is 0 Å². The van der Waals surface area contributed by atoms with Gasteiger partial charge in [-0.15, -0.1) is 0 Å². The van der Waals surface area contributed by atoms with Crippen LogP contribution in [0.1, 0.15) is 0 Å². The average molecular weight is 213 g/mol. The number of rotatable bonds is 3. The van der Waals surface area contributed by atoms with Gasteiger partial charge >= 0.3 is 33.4 Å². The van der Waals surface area contributed by atoms with Crippen LogP contribution in [0, 0.1) is 0 Å². The van der Waals surface area contributed by atoms with Gasteiger partial charge in [-0.05, 0) is 0 Å². The third-order valence-corrected chi connectivity index (χ3v) is 2.73. The van der Waals surface area contributed by atoms with E-state index in [-0.39, 0.29) is 18.9 Å². The molecule has 0 amide bonds. The second-order valence-corrected chi connectivity index (χ2v) is 3.97. The Labute approximate surface area is 85.1 Å². The van der Waals surface area contributed by atoms with Crippen LogP contribution in [0.25, 0.3) is 0 Å². The van der Waals surface area contributed by atoms with E-state index < -0.39 is 20.5 Å². The normalized spacial score (nSPS) is 15.9. The molecule has 0 aliphatic rings. The third kappa shape index (κ3) is 2.60. The van der Waals surface area contributed by atoms with Gasteiger partial charge in [-0.3, -0.25) is 4.18 Å². The molecule has 5 nitrogen and oxygen atoms in total. The summed E-state index contributed by atoms with van der Waals surface area (Å²) in [6, 6.07) is 0. The average Bonchev–Trinajstić information content (AvgIpc) is 1.87. The molecule has 0 N–H and O–H groups in total. The zero-order valence-electron chi connectivity index (χ0n) is 6.21. The summed E-state index contributed by atoms with van der Waals surface area (Å²) in [4.78, 5) is 9.75. The number of carboxylic acids is 1. The number of hydrogen-bond donors (Lipinski definition) is 0. The summed E-state index contributed by atoms with van der Waals surface area (Å²) in [7, 11) is -4.38. The molecule has 9 heteroatoms. The minimum atomic E-state index is -4.96. The number of aliphatic carboxylic acids is 1. The van der Waals surface area contributed by atoms with Crippen molar-refractivity contribution in [2.45, 2.75) is 4.46 Å². The first-order valence-corrected chi connectivity index (χ1v) is 3.93. The minimum Gasteiger partial charge on any atom is -0.544 e. The zero-order valence-corrected chi connectivity index (χ0v) is 7.78. The summed E-state index contributed by atoms with van der Waals surface area (Å²) in [5.41, 5.74) is 0. The monoisotopic (exact) mass is 212 g/mol. The van der Waals surface area contributed by atoms with Crippen molar-refractivity contribution >= 4 is 27.7 Å². The van der Waals surface area contributed by atoms with E-state index in [2.05, 4.69) is 15.8 Å². The predicted molar refractivity (Wildman–Crippen MR) is 30.6 cm³/mol. The van der Waals surface area contributed by atoms with Gasteiger partial charge in [0.2, 0.25) is 0 Å². The number of carboxylic acid groups (broad SMARTS) is 1. The van der Waals surface area contributed by atoms with Gasteiger partial charge in [0.25, 0.3) is 0 Å². The van der Waals surface area contributed by atoms with Crippen LogP contribution < -0.4 is 24.0 Å². The van der Waals surface area contributed by atoms with Gasteiger partial charge in [0.05, 0.1) is 7.11 Å². The van der Waals surface area contributed by atoms with Gasteiger partial charge in [0.15, 0.2) is 0 Å². The van der Waals surface area contributed by atoms with E-state index in [0.717, 1.165) is 0 Å². The molecule has 0 aliphatic heterocycles. The van der Waals surface area contributed by atoms with Crippen molar-refractivity contribution < 1.29 is 45.8 Å². The topological polar surface area (TPSA) is 83.5 Å². The van der Waals surface area contributed by atoms with Crippen LogP contribution in [-0.4, -0.2) is 26.0 Å². The summed E-state index contributed by atoms with van der Waals surface area (Å²) in [6.45, 7) is 0. The molecule has 1 atom stereocenters. The molecule has 0 aliphatic carbocycles. The molecule has 0 heterocycles. The molecule has 0 radical (unpaired) electrons. The van der Waals surface area contributed by atoms with E-state index in [4.69, 9.17) is 0 Å². The molecule has 12 heavy (non-hydrogen) atoms. The Balaban J connectivity index is 0. The minimum absolute atomic E-state index is 0. The molecule has 0 spiro atoms. The Bertz CT molecular complexity index is 262. The van der Waals surface area contributed by atoms with Crippen molar-refractivity contribution in [3.8, 4) is 0 Å². The van der Waals surface area contributed by atoms with Gasteiger partial charge in [0.1, 0.15) is 5.97 Å². The quantitative estimate of drug-likeness (QED) is 0.268. The zero-order chi connectivity index (χ0) is 9.28. The van der Waals surface area contributed by atoms with Crippen LogP contribution in [0.15, 0.2) is 0 Å². The second-order valence-electron chi connectivity index (χ2n) is 1.43. The number of hydrogen-bond acceptors (Lipinski definition) is 5. The number of halogens is 2. The van der Waals surface area contributed by atoms with E-state index in [0.29, 0.717) is 7.11 Å². The van der Waals surface area contributed by atoms with Crippen LogP contribution in [0.2, 0.25) is 0 Å². The maximum absolute atomic E-state index is 12.4. The van der Waals surface area contributed by atoms with E-state index in [1.807, 2.05) is 0 Å². The number of carbonyl (C=O) groups is 1. The number of carbonyl (C=O) groups excluding carboxylic acids is 1. The van der Waals surface area contributed by atoms with E-state index in [1.165, 1.54) is 0 Å². The molecule has 1 unspecified atom stereocenters. The summed E-state index contributed by atoms with van der Waals surface area (Å²) >= 11 is 4.42. The van der Waals surface area contributed by atoms with Crippen LogP contribution in [0.3, 0.4) is 0 Å². The van der Waals surface area contributed by atoms with Crippen LogP contribution in [0.5, 0.6) is 0 Å². The Morgan fingerprint density at radius 2 is 2.00 bits per heavy atom. The van der Waals surface area contributed by atoms with Crippen molar-refractivity contribution in [3.63, 3.8) is 0 Å². The van der Waals surface area contributed by atoms with Gasteiger partial charge in [-0.25, -0.2) is 0 Å². The van der Waals surface area contributed by atoms with Crippen LogP contribution >= 0.6 is 11.6 Å². The van der Waals surface area contributed by atoms with Crippen molar-refractivity contribution in [3.05, 3.63) is 0 Å². The number of alkyl halides is 2. The van der Waals surface area contributed by atoms with Crippen LogP contribution in [0.4, 0.5) is 4.39 Å². The maximum atomic E-state index is 12.4. The van der Waals surface area contributed by atoms with Gasteiger partial charge in [0, 0.05) is 0 Å². The molecular weight excluding hydrogens is 209 g/mol.